The van der Waals surface area contributed by atoms with Crippen molar-refractivity contribution in [3.8, 4) is 0 Å². The number of hydrogen-bond donors (Lipinski definition) is 0. The lowest BCUT2D eigenvalue weighted by Crippen LogP contribution is -2.40. The van der Waals surface area contributed by atoms with Crippen molar-refractivity contribution in [2.45, 2.75) is 20.0 Å². The quantitative estimate of drug-likeness (QED) is 0.823. The molecular formula is C14H22N2O3. The SMILES string of the molecule is Cc1cc(C(=O)N(C)C[C@H]2COCCO2)c(C)n1C. The number of carbonyl (C=O) groups excluding carboxylic acids is 1. The average molecular weight is 266 g/mol. The molecule has 2 heterocycles. The molecule has 0 N–H and O–H groups in total. The number of carbonyl (C=O) groups is 1. The highest BCUT2D eigenvalue weighted by Gasteiger charge is 2.22. The molecule has 2 rings (SSSR count). The Hall–Kier alpha value is -1.33. The number of nitrogens with zero attached hydrogens (tertiary/aromatic N) is 2. The maximum absolute atomic E-state index is 12.4. The van der Waals surface area contributed by atoms with E-state index in [0.29, 0.717) is 26.4 Å². The van der Waals surface area contributed by atoms with Crippen LogP contribution in [0.5, 0.6) is 0 Å². The Morgan fingerprint density at radius 1 is 1.47 bits per heavy atom. The smallest absolute Gasteiger partial charge is 0.255 e. The number of ether oxygens (including phenoxy) is 2. The van der Waals surface area contributed by atoms with Crippen LogP contribution < -0.4 is 0 Å². The molecule has 106 valence electrons. The molecule has 5 heteroatoms. The molecule has 0 unspecified atom stereocenters. The van der Waals surface area contributed by atoms with Gasteiger partial charge in [0.1, 0.15) is 0 Å². The summed E-state index contributed by atoms with van der Waals surface area (Å²) in [6.07, 6.45) is -0.0205. The van der Waals surface area contributed by atoms with Crippen molar-refractivity contribution in [3.63, 3.8) is 0 Å². The van der Waals surface area contributed by atoms with Gasteiger partial charge in [-0.3, -0.25) is 4.79 Å². The minimum Gasteiger partial charge on any atom is -0.376 e. The Balaban J connectivity index is 2.03. The van der Waals surface area contributed by atoms with Crippen LogP contribution in [0.4, 0.5) is 0 Å². The molecule has 1 fully saturated rings. The van der Waals surface area contributed by atoms with Gasteiger partial charge in [0, 0.05) is 32.0 Å². The lowest BCUT2D eigenvalue weighted by atomic mass is 10.2. The van der Waals surface area contributed by atoms with Crippen molar-refractivity contribution < 1.29 is 14.3 Å². The number of aromatic nitrogens is 1. The number of likely N-dealkylation sites (N-methyl/N-ethyl adjacent to an activating group) is 1. The zero-order valence-corrected chi connectivity index (χ0v) is 12.1. The molecule has 0 spiro atoms. The fourth-order valence-corrected chi connectivity index (χ4v) is 2.31. The summed E-state index contributed by atoms with van der Waals surface area (Å²) >= 11 is 0. The standard InChI is InChI=1S/C14H22N2O3/c1-10-7-13(11(2)16(10)4)14(17)15(3)8-12-9-18-5-6-19-12/h7,12H,5-6,8-9H2,1-4H3/t12-/m0/s1. The molecule has 1 saturated heterocycles. The second kappa shape index (κ2) is 5.75. The van der Waals surface area contributed by atoms with E-state index in [9.17, 15) is 4.79 Å². The molecule has 0 aliphatic carbocycles. The largest absolute Gasteiger partial charge is 0.376 e. The van der Waals surface area contributed by atoms with Gasteiger partial charge in [-0.25, -0.2) is 0 Å². The van der Waals surface area contributed by atoms with E-state index in [1.165, 1.54) is 0 Å². The Morgan fingerprint density at radius 3 is 2.74 bits per heavy atom. The average Bonchev–Trinajstić information content (AvgIpc) is 2.67. The topological polar surface area (TPSA) is 43.7 Å². The summed E-state index contributed by atoms with van der Waals surface area (Å²) in [6.45, 7) is 6.34. The Morgan fingerprint density at radius 2 is 2.21 bits per heavy atom. The molecule has 19 heavy (non-hydrogen) atoms. The van der Waals surface area contributed by atoms with Crippen LogP contribution >= 0.6 is 0 Å². The molecule has 5 nitrogen and oxygen atoms in total. The summed E-state index contributed by atoms with van der Waals surface area (Å²) in [4.78, 5) is 14.1. The number of amides is 1. The van der Waals surface area contributed by atoms with E-state index in [1.807, 2.05) is 38.6 Å². The van der Waals surface area contributed by atoms with E-state index < -0.39 is 0 Å². The van der Waals surface area contributed by atoms with Crippen molar-refractivity contribution in [1.29, 1.82) is 0 Å². The Labute approximate surface area is 114 Å². The van der Waals surface area contributed by atoms with Gasteiger partial charge in [-0.1, -0.05) is 0 Å². The fourth-order valence-electron chi connectivity index (χ4n) is 2.31. The highest BCUT2D eigenvalue weighted by molar-refractivity contribution is 5.95. The summed E-state index contributed by atoms with van der Waals surface area (Å²) < 4.78 is 12.9. The zero-order chi connectivity index (χ0) is 14.0. The van der Waals surface area contributed by atoms with E-state index in [-0.39, 0.29) is 12.0 Å². The van der Waals surface area contributed by atoms with Crippen molar-refractivity contribution >= 4 is 5.91 Å². The highest BCUT2D eigenvalue weighted by Crippen LogP contribution is 2.15. The van der Waals surface area contributed by atoms with E-state index in [0.717, 1.165) is 17.0 Å². The summed E-state index contributed by atoms with van der Waals surface area (Å²) in [6, 6.07) is 1.94. The summed E-state index contributed by atoms with van der Waals surface area (Å²) in [5, 5.41) is 0. The third-order valence-corrected chi connectivity index (χ3v) is 3.71. The first-order valence-electron chi connectivity index (χ1n) is 6.58. The Kier molecular flexibility index (Phi) is 4.27. The van der Waals surface area contributed by atoms with Crippen LogP contribution in [-0.2, 0) is 16.5 Å². The minimum atomic E-state index is -0.0205. The van der Waals surface area contributed by atoms with Gasteiger partial charge in [0.25, 0.3) is 5.91 Å². The third kappa shape index (κ3) is 2.98. The normalized spacial score (nSPS) is 19.5. The van der Waals surface area contributed by atoms with Crippen LogP contribution in [-0.4, -0.2) is 54.9 Å². The fraction of sp³-hybridized carbons (Fsp3) is 0.643. The predicted molar refractivity (Wildman–Crippen MR) is 72.4 cm³/mol. The van der Waals surface area contributed by atoms with Gasteiger partial charge in [0.05, 0.1) is 31.5 Å². The van der Waals surface area contributed by atoms with E-state index >= 15 is 0 Å². The molecule has 0 aromatic carbocycles. The zero-order valence-electron chi connectivity index (χ0n) is 12.1. The maximum atomic E-state index is 12.4. The van der Waals surface area contributed by atoms with E-state index in [4.69, 9.17) is 9.47 Å². The van der Waals surface area contributed by atoms with Crippen molar-refractivity contribution in [2.24, 2.45) is 7.05 Å². The summed E-state index contributed by atoms with van der Waals surface area (Å²) in [5.74, 6) is 0.0374. The van der Waals surface area contributed by atoms with E-state index in [2.05, 4.69) is 0 Å². The molecule has 1 amide bonds. The monoisotopic (exact) mass is 266 g/mol. The first kappa shape index (κ1) is 14.1. The summed E-state index contributed by atoms with van der Waals surface area (Å²) in [5.41, 5.74) is 2.85. The lowest BCUT2D eigenvalue weighted by Gasteiger charge is -2.27. The van der Waals surface area contributed by atoms with Crippen LogP contribution in [0.2, 0.25) is 0 Å². The first-order valence-corrected chi connectivity index (χ1v) is 6.58. The Bertz CT molecular complexity index is 462. The van der Waals surface area contributed by atoms with Crippen molar-refractivity contribution in [2.75, 3.05) is 33.4 Å². The van der Waals surface area contributed by atoms with Gasteiger partial charge in [0.15, 0.2) is 0 Å². The lowest BCUT2D eigenvalue weighted by molar-refractivity contribution is -0.0933. The third-order valence-electron chi connectivity index (χ3n) is 3.71. The van der Waals surface area contributed by atoms with Gasteiger partial charge in [-0.2, -0.15) is 0 Å². The van der Waals surface area contributed by atoms with Gasteiger partial charge < -0.3 is 18.9 Å². The number of rotatable bonds is 3. The molecule has 1 aromatic heterocycles. The van der Waals surface area contributed by atoms with Crippen LogP contribution in [0.15, 0.2) is 6.07 Å². The minimum absolute atomic E-state index is 0.0205. The second-order valence-corrected chi connectivity index (χ2v) is 5.10. The van der Waals surface area contributed by atoms with E-state index in [1.54, 1.807) is 4.90 Å². The van der Waals surface area contributed by atoms with Gasteiger partial charge in [-0.15, -0.1) is 0 Å². The molecule has 1 atom stereocenters. The van der Waals surface area contributed by atoms with Crippen molar-refractivity contribution in [1.82, 2.24) is 9.47 Å². The molecule has 1 aliphatic heterocycles. The molecule has 0 bridgehead atoms. The number of aryl methyl sites for hydroxylation is 1. The molecule has 0 radical (unpaired) electrons. The number of hydrogen-bond acceptors (Lipinski definition) is 3. The second-order valence-electron chi connectivity index (χ2n) is 5.10. The molecular weight excluding hydrogens is 244 g/mol. The summed E-state index contributed by atoms with van der Waals surface area (Å²) in [7, 11) is 3.78. The van der Waals surface area contributed by atoms with Crippen LogP contribution in [0, 0.1) is 13.8 Å². The van der Waals surface area contributed by atoms with Gasteiger partial charge in [0.2, 0.25) is 0 Å². The van der Waals surface area contributed by atoms with Crippen LogP contribution in [0.25, 0.3) is 0 Å². The van der Waals surface area contributed by atoms with Crippen LogP contribution in [0.1, 0.15) is 21.7 Å². The molecule has 1 aliphatic rings. The molecule has 0 saturated carbocycles. The van der Waals surface area contributed by atoms with Crippen LogP contribution in [0.3, 0.4) is 0 Å². The highest BCUT2D eigenvalue weighted by atomic mass is 16.6. The van der Waals surface area contributed by atoms with Gasteiger partial charge in [-0.05, 0) is 19.9 Å². The molecule has 1 aromatic rings. The predicted octanol–water partition coefficient (Wildman–Crippen LogP) is 1.13. The van der Waals surface area contributed by atoms with Crippen molar-refractivity contribution in [3.05, 3.63) is 23.0 Å². The van der Waals surface area contributed by atoms with Gasteiger partial charge >= 0.3 is 0 Å². The maximum Gasteiger partial charge on any atom is 0.255 e. The first-order chi connectivity index (χ1) is 9.00.